The van der Waals surface area contributed by atoms with E-state index in [-0.39, 0.29) is 12.1 Å². The molecule has 0 bridgehead atoms. The Balaban J connectivity index is 1.83. The normalized spacial score (nSPS) is 29.0. The van der Waals surface area contributed by atoms with Gasteiger partial charge in [-0.3, -0.25) is 0 Å². The number of nitrogens with zero attached hydrogens (tertiary/aromatic N) is 1. The lowest BCUT2D eigenvalue weighted by atomic mass is 10.0. The number of nitrogens with two attached hydrogens (primary N) is 1. The highest BCUT2D eigenvalue weighted by Crippen LogP contribution is 2.15. The number of rotatable bonds is 2. The summed E-state index contributed by atoms with van der Waals surface area (Å²) in [6, 6.07) is 0.209. The van der Waals surface area contributed by atoms with Gasteiger partial charge >= 0.3 is 0 Å². The standard InChI is InChI=1S/C9H14N2O2/c10-7-1-2-8(13-6-7)5-9-11-3-4-12-9/h3-4,7-8H,1-2,5-6,10H2. The molecule has 2 atom stereocenters. The third-order valence-corrected chi connectivity index (χ3v) is 2.29. The molecule has 0 saturated carbocycles. The van der Waals surface area contributed by atoms with E-state index >= 15 is 0 Å². The molecule has 2 unspecified atom stereocenters. The molecule has 4 nitrogen and oxygen atoms in total. The zero-order chi connectivity index (χ0) is 9.10. The van der Waals surface area contributed by atoms with Crippen LogP contribution in [-0.2, 0) is 11.2 Å². The molecule has 0 amide bonds. The SMILES string of the molecule is NC1CCC(Cc2ncco2)OC1. The van der Waals surface area contributed by atoms with Crippen molar-refractivity contribution in [2.75, 3.05) is 6.61 Å². The van der Waals surface area contributed by atoms with Gasteiger partial charge in [-0.25, -0.2) is 4.98 Å². The van der Waals surface area contributed by atoms with Crippen molar-refractivity contribution in [1.29, 1.82) is 0 Å². The van der Waals surface area contributed by atoms with Gasteiger partial charge in [-0.2, -0.15) is 0 Å². The highest BCUT2D eigenvalue weighted by Gasteiger charge is 2.20. The molecular weight excluding hydrogens is 168 g/mol. The van der Waals surface area contributed by atoms with E-state index in [1.807, 2.05) is 0 Å². The average Bonchev–Trinajstić information content (AvgIpc) is 2.62. The molecule has 1 aromatic heterocycles. The quantitative estimate of drug-likeness (QED) is 0.732. The lowest BCUT2D eigenvalue weighted by Gasteiger charge is -2.25. The second-order valence-electron chi connectivity index (χ2n) is 3.42. The van der Waals surface area contributed by atoms with Crippen molar-refractivity contribution >= 4 is 0 Å². The molecule has 1 aliphatic heterocycles. The van der Waals surface area contributed by atoms with E-state index in [0.717, 1.165) is 25.2 Å². The molecule has 1 fully saturated rings. The Labute approximate surface area is 77.1 Å². The Bertz CT molecular complexity index is 240. The molecule has 4 heteroatoms. The Morgan fingerprint density at radius 2 is 2.46 bits per heavy atom. The van der Waals surface area contributed by atoms with Gasteiger partial charge < -0.3 is 14.9 Å². The van der Waals surface area contributed by atoms with Gasteiger partial charge in [-0.1, -0.05) is 0 Å². The van der Waals surface area contributed by atoms with Crippen molar-refractivity contribution in [2.45, 2.75) is 31.4 Å². The molecule has 1 aliphatic rings. The summed E-state index contributed by atoms with van der Waals surface area (Å²) in [6.07, 6.45) is 6.28. The van der Waals surface area contributed by atoms with E-state index in [9.17, 15) is 0 Å². The Kier molecular flexibility index (Phi) is 2.61. The van der Waals surface area contributed by atoms with Crippen molar-refractivity contribution < 1.29 is 9.15 Å². The molecule has 2 N–H and O–H groups in total. The van der Waals surface area contributed by atoms with Crippen LogP contribution in [0.3, 0.4) is 0 Å². The zero-order valence-electron chi connectivity index (χ0n) is 7.48. The first kappa shape index (κ1) is 8.72. The Morgan fingerprint density at radius 1 is 1.54 bits per heavy atom. The highest BCUT2D eigenvalue weighted by atomic mass is 16.5. The molecule has 1 aromatic rings. The lowest BCUT2D eigenvalue weighted by Crippen LogP contribution is -2.36. The molecule has 1 saturated heterocycles. The minimum Gasteiger partial charge on any atom is -0.449 e. The number of aromatic nitrogens is 1. The van der Waals surface area contributed by atoms with Crippen LogP contribution in [0, 0.1) is 0 Å². The molecule has 2 rings (SSSR count). The van der Waals surface area contributed by atoms with E-state index < -0.39 is 0 Å². The molecule has 2 heterocycles. The van der Waals surface area contributed by atoms with Gasteiger partial charge in [0, 0.05) is 6.04 Å². The minimum atomic E-state index is 0.209. The van der Waals surface area contributed by atoms with Crippen LogP contribution in [0.15, 0.2) is 16.9 Å². The van der Waals surface area contributed by atoms with Gasteiger partial charge in [-0.05, 0) is 12.8 Å². The predicted octanol–water partition coefficient (Wildman–Crippen LogP) is 0.723. The first-order valence-corrected chi connectivity index (χ1v) is 4.60. The maximum atomic E-state index is 5.71. The molecule has 72 valence electrons. The van der Waals surface area contributed by atoms with Gasteiger partial charge in [-0.15, -0.1) is 0 Å². The van der Waals surface area contributed by atoms with Crippen LogP contribution in [0.4, 0.5) is 0 Å². The maximum absolute atomic E-state index is 5.71. The van der Waals surface area contributed by atoms with Crippen LogP contribution >= 0.6 is 0 Å². The lowest BCUT2D eigenvalue weighted by molar-refractivity contribution is 0.00276. The van der Waals surface area contributed by atoms with Crippen LogP contribution in [0.5, 0.6) is 0 Å². The first-order chi connectivity index (χ1) is 6.34. The fourth-order valence-corrected chi connectivity index (χ4v) is 1.54. The van der Waals surface area contributed by atoms with Gasteiger partial charge in [0.05, 0.1) is 25.3 Å². The zero-order valence-corrected chi connectivity index (χ0v) is 7.48. The molecule has 13 heavy (non-hydrogen) atoms. The monoisotopic (exact) mass is 182 g/mol. The first-order valence-electron chi connectivity index (χ1n) is 4.60. The van der Waals surface area contributed by atoms with Crippen molar-refractivity contribution in [1.82, 2.24) is 4.98 Å². The molecule has 0 spiro atoms. The van der Waals surface area contributed by atoms with Crippen molar-refractivity contribution in [2.24, 2.45) is 5.73 Å². The van der Waals surface area contributed by atoms with E-state index in [0.29, 0.717) is 6.61 Å². The molecular formula is C9H14N2O2. The van der Waals surface area contributed by atoms with E-state index in [2.05, 4.69) is 4.98 Å². The second-order valence-corrected chi connectivity index (χ2v) is 3.42. The summed E-state index contributed by atoms with van der Waals surface area (Å²) >= 11 is 0. The summed E-state index contributed by atoms with van der Waals surface area (Å²) in [6.45, 7) is 0.658. The third kappa shape index (κ3) is 2.29. The fraction of sp³-hybridized carbons (Fsp3) is 0.667. The topological polar surface area (TPSA) is 61.3 Å². The number of hydrogen-bond acceptors (Lipinski definition) is 4. The summed E-state index contributed by atoms with van der Waals surface area (Å²) in [5.74, 6) is 0.750. The number of hydrogen-bond donors (Lipinski definition) is 1. The molecule has 0 aliphatic carbocycles. The van der Waals surface area contributed by atoms with Gasteiger partial charge in [0.15, 0.2) is 5.89 Å². The Hall–Kier alpha value is -0.870. The van der Waals surface area contributed by atoms with Crippen LogP contribution in [0.25, 0.3) is 0 Å². The van der Waals surface area contributed by atoms with Crippen LogP contribution in [0.2, 0.25) is 0 Å². The van der Waals surface area contributed by atoms with Crippen LogP contribution in [-0.4, -0.2) is 23.7 Å². The molecule has 0 aromatic carbocycles. The minimum absolute atomic E-state index is 0.209. The largest absolute Gasteiger partial charge is 0.449 e. The van der Waals surface area contributed by atoms with Crippen LogP contribution < -0.4 is 5.73 Å². The van der Waals surface area contributed by atoms with Crippen molar-refractivity contribution in [3.63, 3.8) is 0 Å². The highest BCUT2D eigenvalue weighted by molar-refractivity contribution is 4.85. The van der Waals surface area contributed by atoms with Gasteiger partial charge in [0.2, 0.25) is 0 Å². The second kappa shape index (κ2) is 3.89. The predicted molar refractivity (Wildman–Crippen MR) is 47.2 cm³/mol. The van der Waals surface area contributed by atoms with Crippen molar-refractivity contribution in [3.05, 3.63) is 18.4 Å². The summed E-state index contributed by atoms with van der Waals surface area (Å²) in [5.41, 5.74) is 5.71. The smallest absolute Gasteiger partial charge is 0.196 e. The number of oxazole rings is 1. The van der Waals surface area contributed by atoms with E-state index in [1.165, 1.54) is 0 Å². The van der Waals surface area contributed by atoms with Crippen molar-refractivity contribution in [3.8, 4) is 0 Å². The number of ether oxygens (including phenoxy) is 1. The molecule has 0 radical (unpaired) electrons. The maximum Gasteiger partial charge on any atom is 0.196 e. The van der Waals surface area contributed by atoms with Crippen LogP contribution in [0.1, 0.15) is 18.7 Å². The summed E-state index contributed by atoms with van der Waals surface area (Å²) < 4.78 is 10.7. The van der Waals surface area contributed by atoms with E-state index in [1.54, 1.807) is 12.5 Å². The van der Waals surface area contributed by atoms with Gasteiger partial charge in [0.1, 0.15) is 6.26 Å². The Morgan fingerprint density at radius 3 is 3.08 bits per heavy atom. The third-order valence-electron chi connectivity index (χ3n) is 2.29. The summed E-state index contributed by atoms with van der Waals surface area (Å²) in [4.78, 5) is 4.05. The van der Waals surface area contributed by atoms with Gasteiger partial charge in [0.25, 0.3) is 0 Å². The summed E-state index contributed by atoms with van der Waals surface area (Å²) in [5, 5.41) is 0. The van der Waals surface area contributed by atoms with E-state index in [4.69, 9.17) is 14.9 Å². The fourth-order valence-electron chi connectivity index (χ4n) is 1.54. The average molecular weight is 182 g/mol. The summed E-state index contributed by atoms with van der Waals surface area (Å²) in [7, 11) is 0.